The minimum Gasteiger partial charge on any atom is -0.488 e. The van der Waals surface area contributed by atoms with E-state index < -0.39 is 23.2 Å². The van der Waals surface area contributed by atoms with Crippen molar-refractivity contribution in [2.45, 2.75) is 26.5 Å². The average molecular weight is 429 g/mol. The van der Waals surface area contributed by atoms with E-state index in [0.29, 0.717) is 11.3 Å². The maximum Gasteiger partial charge on any atom is 0.329 e. The van der Waals surface area contributed by atoms with Gasteiger partial charge in [0.2, 0.25) is 0 Å². The Kier molecular flexibility index (Phi) is 6.89. The summed E-state index contributed by atoms with van der Waals surface area (Å²) in [4.78, 5) is 38.1. The van der Waals surface area contributed by atoms with Crippen molar-refractivity contribution in [3.8, 4) is 5.75 Å². The highest BCUT2D eigenvalue weighted by Gasteiger charge is 2.41. The highest BCUT2D eigenvalue weighted by atomic mass is 32.2. The van der Waals surface area contributed by atoms with E-state index in [-0.39, 0.29) is 23.9 Å². The molecule has 3 rings (SSSR count). The highest BCUT2D eigenvalue weighted by molar-refractivity contribution is 8.18. The molecule has 2 aromatic rings. The van der Waals surface area contributed by atoms with Crippen molar-refractivity contribution >= 4 is 35.0 Å². The van der Waals surface area contributed by atoms with Crippen molar-refractivity contribution in [2.24, 2.45) is 0 Å². The minimum absolute atomic E-state index is 0.161. The molecule has 0 N–H and O–H groups in total. The molecule has 0 radical (unpaired) electrons. The normalized spacial score (nSPS) is 16.1. The first-order valence-electron chi connectivity index (χ1n) is 9.30. The summed E-state index contributed by atoms with van der Waals surface area (Å²) in [6, 6.07) is 12.0. The smallest absolute Gasteiger partial charge is 0.329 e. The second-order valence-corrected chi connectivity index (χ2v) is 7.43. The summed E-state index contributed by atoms with van der Waals surface area (Å²) >= 11 is 0.759. The van der Waals surface area contributed by atoms with Crippen molar-refractivity contribution in [1.82, 2.24) is 4.90 Å². The van der Waals surface area contributed by atoms with Crippen molar-refractivity contribution in [2.75, 3.05) is 6.61 Å². The number of hydrogen-bond donors (Lipinski definition) is 0. The second kappa shape index (κ2) is 9.58. The van der Waals surface area contributed by atoms with Gasteiger partial charge in [0.25, 0.3) is 11.1 Å². The fourth-order valence-corrected chi connectivity index (χ4v) is 3.70. The van der Waals surface area contributed by atoms with Gasteiger partial charge in [0.1, 0.15) is 24.2 Å². The number of halogens is 1. The molecule has 1 aliphatic rings. The van der Waals surface area contributed by atoms with Crippen LogP contribution in [-0.2, 0) is 20.9 Å². The average Bonchev–Trinajstić information content (AvgIpc) is 3.01. The Morgan fingerprint density at radius 3 is 2.57 bits per heavy atom. The van der Waals surface area contributed by atoms with E-state index in [1.165, 1.54) is 19.1 Å². The summed E-state index contributed by atoms with van der Waals surface area (Å²) in [5.74, 6) is -1.01. The largest absolute Gasteiger partial charge is 0.488 e. The topological polar surface area (TPSA) is 72.9 Å². The molecule has 1 saturated heterocycles. The lowest BCUT2D eigenvalue weighted by atomic mass is 10.1. The van der Waals surface area contributed by atoms with Crippen LogP contribution in [0.2, 0.25) is 0 Å². The fraction of sp³-hybridized carbons (Fsp3) is 0.227. The van der Waals surface area contributed by atoms with Gasteiger partial charge in [-0.3, -0.25) is 14.5 Å². The van der Waals surface area contributed by atoms with Crippen molar-refractivity contribution in [3.63, 3.8) is 0 Å². The molecule has 0 spiro atoms. The van der Waals surface area contributed by atoms with E-state index in [9.17, 15) is 18.8 Å². The van der Waals surface area contributed by atoms with Crippen LogP contribution in [0.15, 0.2) is 53.4 Å². The molecule has 1 fully saturated rings. The van der Waals surface area contributed by atoms with Gasteiger partial charge in [0, 0.05) is 5.56 Å². The van der Waals surface area contributed by atoms with E-state index >= 15 is 0 Å². The molecule has 2 aromatic carbocycles. The molecular formula is C22H20FNO5S. The third kappa shape index (κ3) is 4.88. The molecular weight excluding hydrogens is 409 g/mol. The van der Waals surface area contributed by atoms with Gasteiger partial charge in [-0.2, -0.15) is 0 Å². The van der Waals surface area contributed by atoms with Crippen LogP contribution in [0.5, 0.6) is 5.75 Å². The summed E-state index contributed by atoms with van der Waals surface area (Å²) in [7, 11) is 0. The second-order valence-electron chi connectivity index (χ2n) is 6.43. The molecule has 30 heavy (non-hydrogen) atoms. The molecule has 0 aliphatic carbocycles. The monoisotopic (exact) mass is 429 g/mol. The SMILES string of the molecule is CCOC(=O)[C@@H](C)N1C(=O)S/C(=C/c2ccccc2OCc2ccc(F)cc2)C1=O. The first-order chi connectivity index (χ1) is 14.4. The van der Waals surface area contributed by atoms with Crippen LogP contribution in [0, 0.1) is 5.82 Å². The Labute approximate surface area is 177 Å². The van der Waals surface area contributed by atoms with E-state index in [1.54, 1.807) is 49.4 Å². The predicted molar refractivity (Wildman–Crippen MR) is 111 cm³/mol. The van der Waals surface area contributed by atoms with Gasteiger partial charge < -0.3 is 9.47 Å². The lowest BCUT2D eigenvalue weighted by molar-refractivity contribution is -0.150. The number of carbonyl (C=O) groups is 3. The van der Waals surface area contributed by atoms with Gasteiger partial charge in [0.15, 0.2) is 0 Å². The fourth-order valence-electron chi connectivity index (χ4n) is 2.80. The van der Waals surface area contributed by atoms with Crippen molar-refractivity contribution < 1.29 is 28.2 Å². The number of hydrogen-bond acceptors (Lipinski definition) is 6. The Hall–Kier alpha value is -3.13. The summed E-state index contributed by atoms with van der Waals surface area (Å²) in [6.45, 7) is 3.48. The Bertz CT molecular complexity index is 989. The molecule has 0 bridgehead atoms. The lowest BCUT2D eigenvalue weighted by Crippen LogP contribution is -2.42. The number of nitrogens with zero attached hydrogens (tertiary/aromatic N) is 1. The minimum atomic E-state index is -1.01. The van der Waals surface area contributed by atoms with Crippen molar-refractivity contribution in [1.29, 1.82) is 0 Å². The lowest BCUT2D eigenvalue weighted by Gasteiger charge is -2.19. The third-order valence-electron chi connectivity index (χ3n) is 4.35. The molecule has 8 heteroatoms. The van der Waals surface area contributed by atoms with Gasteiger partial charge in [-0.15, -0.1) is 0 Å². The highest BCUT2D eigenvalue weighted by Crippen LogP contribution is 2.35. The number of rotatable bonds is 7. The number of para-hydroxylation sites is 1. The summed E-state index contributed by atoms with van der Waals surface area (Å²) in [5, 5.41) is -0.531. The van der Waals surface area contributed by atoms with E-state index in [0.717, 1.165) is 22.2 Å². The first kappa shape index (κ1) is 21.6. The molecule has 0 unspecified atom stereocenters. The van der Waals surface area contributed by atoms with Crippen LogP contribution < -0.4 is 4.74 Å². The number of amides is 2. The number of carbonyl (C=O) groups excluding carboxylic acids is 3. The van der Waals surface area contributed by atoms with E-state index in [2.05, 4.69) is 0 Å². The third-order valence-corrected chi connectivity index (χ3v) is 5.24. The molecule has 2 amide bonds. The van der Waals surface area contributed by atoms with Crippen LogP contribution in [0.3, 0.4) is 0 Å². The van der Waals surface area contributed by atoms with Crippen LogP contribution in [0.1, 0.15) is 25.0 Å². The number of benzene rings is 2. The standard InChI is InChI=1S/C22H20FNO5S/c1-3-28-21(26)14(2)24-20(25)19(30-22(24)27)12-16-6-4-5-7-18(16)29-13-15-8-10-17(23)11-9-15/h4-12,14H,3,13H2,1-2H3/b19-12+/t14-/m1/s1. The van der Waals surface area contributed by atoms with Crippen LogP contribution in [0.25, 0.3) is 6.08 Å². The van der Waals surface area contributed by atoms with Crippen LogP contribution in [-0.4, -0.2) is 34.7 Å². The van der Waals surface area contributed by atoms with Gasteiger partial charge >= 0.3 is 5.97 Å². The zero-order valence-corrected chi connectivity index (χ0v) is 17.3. The van der Waals surface area contributed by atoms with Gasteiger partial charge in [-0.1, -0.05) is 30.3 Å². The summed E-state index contributed by atoms with van der Waals surface area (Å²) in [5.41, 5.74) is 1.39. The summed E-state index contributed by atoms with van der Waals surface area (Å²) < 4.78 is 23.8. The molecule has 0 aromatic heterocycles. The van der Waals surface area contributed by atoms with Gasteiger partial charge in [0.05, 0.1) is 11.5 Å². The van der Waals surface area contributed by atoms with E-state index in [1.807, 2.05) is 0 Å². The number of imide groups is 1. The number of thioether (sulfide) groups is 1. The zero-order chi connectivity index (χ0) is 21.7. The summed E-state index contributed by atoms with van der Waals surface area (Å²) in [6.07, 6.45) is 1.56. The van der Waals surface area contributed by atoms with Crippen LogP contribution >= 0.6 is 11.8 Å². The number of esters is 1. The molecule has 6 nitrogen and oxygen atoms in total. The quantitative estimate of drug-likeness (QED) is 0.480. The Balaban J connectivity index is 1.78. The molecule has 156 valence electrons. The van der Waals surface area contributed by atoms with Crippen molar-refractivity contribution in [3.05, 3.63) is 70.4 Å². The molecule has 1 heterocycles. The Morgan fingerprint density at radius 2 is 1.87 bits per heavy atom. The molecule has 1 atom stereocenters. The van der Waals surface area contributed by atoms with Crippen LogP contribution in [0.4, 0.5) is 9.18 Å². The van der Waals surface area contributed by atoms with Gasteiger partial charge in [-0.05, 0) is 55.4 Å². The molecule has 1 aliphatic heterocycles. The maximum atomic E-state index is 13.0. The predicted octanol–water partition coefficient (Wildman–Crippen LogP) is 4.39. The molecule has 0 saturated carbocycles. The first-order valence-corrected chi connectivity index (χ1v) is 10.1. The number of ether oxygens (including phenoxy) is 2. The Morgan fingerprint density at radius 1 is 1.17 bits per heavy atom. The zero-order valence-electron chi connectivity index (χ0n) is 16.5. The van der Waals surface area contributed by atoms with E-state index in [4.69, 9.17) is 9.47 Å². The van der Waals surface area contributed by atoms with Gasteiger partial charge in [-0.25, -0.2) is 9.18 Å². The maximum absolute atomic E-state index is 13.0.